The van der Waals surface area contributed by atoms with Crippen LogP contribution in [0.1, 0.15) is 20.8 Å². The number of anilines is 1. The molecule has 160 valence electrons. The average molecular weight is 447 g/mol. The lowest BCUT2D eigenvalue weighted by Gasteiger charge is -2.18. The van der Waals surface area contributed by atoms with Crippen LogP contribution < -0.4 is 5.32 Å². The number of sulfonamides is 1. The lowest BCUT2D eigenvalue weighted by atomic mass is 10.3. The number of hydrogen-bond acceptors (Lipinski definition) is 5. The Balaban J connectivity index is 1.70. The second kappa shape index (κ2) is 9.63. The summed E-state index contributed by atoms with van der Waals surface area (Å²) in [4.78, 5) is 17.3. The summed E-state index contributed by atoms with van der Waals surface area (Å²) < 4.78 is 28.9. The number of aromatic nitrogens is 2. The largest absolute Gasteiger partial charge is 0.325 e. The van der Waals surface area contributed by atoms with E-state index in [-0.39, 0.29) is 16.6 Å². The van der Waals surface area contributed by atoms with Gasteiger partial charge in [-0.15, -0.1) is 0 Å². The second-order valence-electron chi connectivity index (χ2n) is 6.58. The number of para-hydroxylation sites is 2. The van der Waals surface area contributed by atoms with Gasteiger partial charge in [-0.2, -0.15) is 4.31 Å². The first-order valence-electron chi connectivity index (χ1n) is 9.88. The summed E-state index contributed by atoms with van der Waals surface area (Å²) in [7, 11) is -3.58. The topological polar surface area (TPSA) is 84.3 Å². The van der Waals surface area contributed by atoms with Gasteiger partial charge in [-0.05, 0) is 37.3 Å². The SMILES string of the molecule is CCN(CC)S(=O)(=O)c1cccc(NC(=O)CSc2nc3ccccc3n2CC)c1. The third-order valence-corrected chi connectivity index (χ3v) is 7.75. The number of rotatable bonds is 9. The Morgan fingerprint density at radius 2 is 1.83 bits per heavy atom. The Morgan fingerprint density at radius 3 is 2.53 bits per heavy atom. The van der Waals surface area contributed by atoms with E-state index in [9.17, 15) is 13.2 Å². The molecule has 1 N–H and O–H groups in total. The maximum Gasteiger partial charge on any atom is 0.243 e. The lowest BCUT2D eigenvalue weighted by Crippen LogP contribution is -2.30. The van der Waals surface area contributed by atoms with Crippen molar-refractivity contribution in [2.75, 3.05) is 24.2 Å². The maximum absolute atomic E-state index is 12.7. The number of aryl methyl sites for hydroxylation is 1. The molecule has 0 saturated heterocycles. The van der Waals surface area contributed by atoms with E-state index in [1.165, 1.54) is 22.1 Å². The summed E-state index contributed by atoms with van der Waals surface area (Å²) in [6, 6.07) is 14.2. The van der Waals surface area contributed by atoms with Crippen molar-refractivity contribution in [2.24, 2.45) is 0 Å². The number of amides is 1. The van der Waals surface area contributed by atoms with Gasteiger partial charge < -0.3 is 9.88 Å². The number of fused-ring (bicyclic) bond motifs is 1. The molecule has 1 amide bonds. The highest BCUT2D eigenvalue weighted by atomic mass is 32.2. The summed E-state index contributed by atoms with van der Waals surface area (Å²) in [6.07, 6.45) is 0. The van der Waals surface area contributed by atoms with Crippen LogP contribution in [0.5, 0.6) is 0 Å². The van der Waals surface area contributed by atoms with Crippen molar-refractivity contribution >= 4 is 44.4 Å². The molecule has 0 aliphatic heterocycles. The van der Waals surface area contributed by atoms with Crippen molar-refractivity contribution in [2.45, 2.75) is 37.4 Å². The van der Waals surface area contributed by atoms with Gasteiger partial charge in [-0.25, -0.2) is 13.4 Å². The normalized spacial score (nSPS) is 11.9. The van der Waals surface area contributed by atoms with Crippen LogP contribution in [0.15, 0.2) is 58.6 Å². The number of nitrogens with one attached hydrogen (secondary N) is 1. The van der Waals surface area contributed by atoms with Crippen LogP contribution in [-0.4, -0.2) is 47.0 Å². The number of carbonyl (C=O) groups excluding carboxylic acids is 1. The number of imidazole rings is 1. The molecular formula is C21H26N4O3S2. The molecule has 0 aliphatic rings. The van der Waals surface area contributed by atoms with E-state index in [0.29, 0.717) is 18.8 Å². The molecule has 0 saturated carbocycles. The summed E-state index contributed by atoms with van der Waals surface area (Å²) in [5.74, 6) is -0.0387. The Kier molecular flexibility index (Phi) is 7.17. The molecule has 3 rings (SSSR count). The predicted octanol–water partition coefficient (Wildman–Crippen LogP) is 3.82. The number of hydrogen-bond donors (Lipinski definition) is 1. The predicted molar refractivity (Wildman–Crippen MR) is 121 cm³/mol. The third-order valence-electron chi connectivity index (χ3n) is 4.73. The Bertz CT molecular complexity index is 1140. The molecule has 0 aliphatic carbocycles. The minimum absolute atomic E-state index is 0.171. The van der Waals surface area contributed by atoms with Gasteiger partial charge in [0, 0.05) is 25.3 Å². The molecule has 1 heterocycles. The van der Waals surface area contributed by atoms with E-state index < -0.39 is 10.0 Å². The van der Waals surface area contributed by atoms with Crippen LogP contribution in [0.2, 0.25) is 0 Å². The minimum atomic E-state index is -3.58. The van der Waals surface area contributed by atoms with E-state index in [0.717, 1.165) is 22.7 Å². The van der Waals surface area contributed by atoms with E-state index in [4.69, 9.17) is 0 Å². The van der Waals surface area contributed by atoms with Gasteiger partial charge >= 0.3 is 0 Å². The van der Waals surface area contributed by atoms with Crippen molar-refractivity contribution in [3.63, 3.8) is 0 Å². The number of nitrogens with zero attached hydrogens (tertiary/aromatic N) is 3. The first kappa shape index (κ1) is 22.3. The molecule has 3 aromatic rings. The Morgan fingerprint density at radius 1 is 1.10 bits per heavy atom. The molecule has 0 spiro atoms. The Labute approximate surface area is 181 Å². The fourth-order valence-corrected chi connectivity index (χ4v) is 5.63. The molecule has 9 heteroatoms. The number of carbonyl (C=O) groups is 1. The zero-order chi connectivity index (χ0) is 21.7. The second-order valence-corrected chi connectivity index (χ2v) is 9.46. The van der Waals surface area contributed by atoms with Crippen molar-refractivity contribution in [1.29, 1.82) is 0 Å². The molecule has 30 heavy (non-hydrogen) atoms. The molecule has 7 nitrogen and oxygen atoms in total. The van der Waals surface area contributed by atoms with Crippen molar-refractivity contribution in [3.05, 3.63) is 48.5 Å². The molecule has 0 atom stereocenters. The molecule has 0 bridgehead atoms. The van der Waals surface area contributed by atoms with Crippen LogP contribution in [0.3, 0.4) is 0 Å². The first-order valence-corrected chi connectivity index (χ1v) is 12.3. The van der Waals surface area contributed by atoms with Gasteiger partial charge in [0.25, 0.3) is 0 Å². The van der Waals surface area contributed by atoms with Crippen molar-refractivity contribution < 1.29 is 13.2 Å². The van der Waals surface area contributed by atoms with Crippen LogP contribution in [0, 0.1) is 0 Å². The molecule has 0 fully saturated rings. The van der Waals surface area contributed by atoms with Crippen molar-refractivity contribution in [3.8, 4) is 0 Å². The van der Waals surface area contributed by atoms with E-state index >= 15 is 0 Å². The van der Waals surface area contributed by atoms with E-state index in [1.807, 2.05) is 31.2 Å². The van der Waals surface area contributed by atoms with Crippen LogP contribution in [-0.2, 0) is 21.4 Å². The fourth-order valence-electron chi connectivity index (χ4n) is 3.24. The number of thioether (sulfide) groups is 1. The van der Waals surface area contributed by atoms with Gasteiger partial charge in [0.1, 0.15) is 0 Å². The monoisotopic (exact) mass is 446 g/mol. The molecule has 2 aromatic carbocycles. The summed E-state index contributed by atoms with van der Waals surface area (Å²) >= 11 is 1.36. The van der Waals surface area contributed by atoms with Gasteiger partial charge in [-0.3, -0.25) is 4.79 Å². The highest BCUT2D eigenvalue weighted by molar-refractivity contribution is 7.99. The van der Waals surface area contributed by atoms with Gasteiger partial charge in [0.2, 0.25) is 15.9 Å². The van der Waals surface area contributed by atoms with Crippen molar-refractivity contribution in [1.82, 2.24) is 13.9 Å². The molecule has 0 radical (unpaired) electrons. The highest BCUT2D eigenvalue weighted by Gasteiger charge is 2.22. The minimum Gasteiger partial charge on any atom is -0.325 e. The van der Waals surface area contributed by atoms with Crippen LogP contribution >= 0.6 is 11.8 Å². The highest BCUT2D eigenvalue weighted by Crippen LogP contribution is 2.24. The zero-order valence-corrected chi connectivity index (χ0v) is 19.0. The Hall–Kier alpha value is -2.36. The average Bonchev–Trinajstić information content (AvgIpc) is 3.10. The van der Waals surface area contributed by atoms with Gasteiger partial charge in [0.15, 0.2) is 5.16 Å². The van der Waals surface area contributed by atoms with E-state index in [1.54, 1.807) is 32.0 Å². The lowest BCUT2D eigenvalue weighted by molar-refractivity contribution is -0.113. The fraction of sp³-hybridized carbons (Fsp3) is 0.333. The van der Waals surface area contributed by atoms with Crippen LogP contribution in [0.4, 0.5) is 5.69 Å². The summed E-state index contributed by atoms with van der Waals surface area (Å²) in [6.45, 7) is 7.19. The van der Waals surface area contributed by atoms with E-state index in [2.05, 4.69) is 14.9 Å². The summed E-state index contributed by atoms with van der Waals surface area (Å²) in [5, 5.41) is 3.58. The van der Waals surface area contributed by atoms with Gasteiger partial charge in [0.05, 0.1) is 21.7 Å². The van der Waals surface area contributed by atoms with Gasteiger partial charge in [-0.1, -0.05) is 43.8 Å². The molecule has 0 unspecified atom stereocenters. The quantitative estimate of drug-likeness (QED) is 0.505. The first-order chi connectivity index (χ1) is 14.4. The third kappa shape index (κ3) is 4.69. The van der Waals surface area contributed by atoms with Crippen LogP contribution in [0.25, 0.3) is 11.0 Å². The molecular weight excluding hydrogens is 420 g/mol. The maximum atomic E-state index is 12.7. The summed E-state index contributed by atoms with van der Waals surface area (Å²) in [5.41, 5.74) is 2.40. The smallest absolute Gasteiger partial charge is 0.243 e. The number of benzene rings is 2. The standard InChI is InChI=1S/C21H26N4O3S2/c1-4-24(5-2)30(27,28)17-11-9-10-16(14-17)22-20(26)15-29-21-23-18-12-7-8-13-19(18)25(21)6-3/h7-14H,4-6,15H2,1-3H3,(H,22,26). The zero-order valence-electron chi connectivity index (χ0n) is 17.3. The molecule has 1 aromatic heterocycles.